The molecule has 0 saturated heterocycles. The summed E-state index contributed by atoms with van der Waals surface area (Å²) in [6.45, 7) is 2.94. The van der Waals surface area contributed by atoms with Gasteiger partial charge in [-0.05, 0) is 44.2 Å². The average Bonchev–Trinajstić information content (AvgIpc) is 2.56. The van der Waals surface area contributed by atoms with E-state index in [-0.39, 0.29) is 17.5 Å². The molecule has 6 nitrogen and oxygen atoms in total. The zero-order valence-electron chi connectivity index (χ0n) is 13.6. The Morgan fingerprint density at radius 1 is 1.28 bits per heavy atom. The highest BCUT2D eigenvalue weighted by Gasteiger charge is 2.17. The number of esters is 1. The van der Waals surface area contributed by atoms with Crippen LogP contribution in [0.3, 0.4) is 0 Å². The molecule has 0 aliphatic heterocycles. The third-order valence-electron chi connectivity index (χ3n) is 2.92. The van der Waals surface area contributed by atoms with Crippen molar-refractivity contribution < 1.29 is 28.5 Å². The summed E-state index contributed by atoms with van der Waals surface area (Å²) in [5, 5.41) is 9.26. The van der Waals surface area contributed by atoms with Crippen LogP contribution >= 0.6 is 11.6 Å². The number of carbonyl (C=O) groups is 1. The van der Waals surface area contributed by atoms with Gasteiger partial charge in [0, 0.05) is 6.20 Å². The molecule has 25 heavy (non-hydrogen) atoms. The van der Waals surface area contributed by atoms with Gasteiger partial charge < -0.3 is 19.3 Å². The normalized spacial score (nSPS) is 13.0. The Morgan fingerprint density at radius 2 is 1.92 bits per heavy atom. The molecule has 1 N–H and O–H groups in total. The van der Waals surface area contributed by atoms with Crippen LogP contribution in [0.15, 0.2) is 36.5 Å². The van der Waals surface area contributed by atoms with Crippen LogP contribution in [0.5, 0.6) is 17.4 Å². The molecule has 0 fully saturated rings. The number of hydrogen-bond donors (Lipinski definition) is 1. The van der Waals surface area contributed by atoms with Crippen molar-refractivity contribution in [2.24, 2.45) is 0 Å². The number of aromatic nitrogens is 1. The standard InChI is InChI=1S/C17H17ClFNO5/c1-10(21)9-23-17(22)11(2)24-13-3-5-14(6-4-13)25-16-15(19)7-12(18)8-20-16/h3-8,10-11,21H,9H2,1-2H3/t10?,11-/m1/s1. The van der Waals surface area contributed by atoms with Crippen molar-refractivity contribution in [2.75, 3.05) is 6.61 Å². The highest BCUT2D eigenvalue weighted by atomic mass is 35.5. The predicted octanol–water partition coefficient (Wildman–Crippen LogP) is 3.36. The van der Waals surface area contributed by atoms with Crippen LogP contribution in [0.2, 0.25) is 5.02 Å². The summed E-state index contributed by atoms with van der Waals surface area (Å²) < 4.78 is 29.3. The summed E-state index contributed by atoms with van der Waals surface area (Å²) in [7, 11) is 0. The molecule has 1 heterocycles. The summed E-state index contributed by atoms with van der Waals surface area (Å²) in [5.74, 6) is -0.729. The minimum absolute atomic E-state index is 0.0982. The van der Waals surface area contributed by atoms with E-state index in [2.05, 4.69) is 4.98 Å². The number of ether oxygens (including phenoxy) is 3. The van der Waals surface area contributed by atoms with Gasteiger partial charge in [-0.15, -0.1) is 0 Å². The first-order valence-electron chi connectivity index (χ1n) is 7.45. The van der Waals surface area contributed by atoms with Crippen LogP contribution in [-0.4, -0.2) is 34.9 Å². The lowest BCUT2D eigenvalue weighted by Crippen LogP contribution is -2.28. The number of rotatable bonds is 7. The molecule has 2 rings (SSSR count). The number of nitrogens with zero attached hydrogens (tertiary/aromatic N) is 1. The summed E-state index contributed by atoms with van der Waals surface area (Å²) in [5.41, 5.74) is 0. The van der Waals surface area contributed by atoms with Gasteiger partial charge in [0.05, 0.1) is 11.1 Å². The van der Waals surface area contributed by atoms with Gasteiger partial charge in [-0.1, -0.05) is 11.6 Å². The molecular formula is C17H17ClFNO5. The minimum atomic E-state index is -0.846. The van der Waals surface area contributed by atoms with Crippen LogP contribution in [0.4, 0.5) is 4.39 Å². The van der Waals surface area contributed by atoms with Gasteiger partial charge in [-0.25, -0.2) is 14.2 Å². The van der Waals surface area contributed by atoms with Crippen LogP contribution in [0.1, 0.15) is 13.8 Å². The van der Waals surface area contributed by atoms with Gasteiger partial charge in [0.1, 0.15) is 18.1 Å². The molecular weight excluding hydrogens is 353 g/mol. The van der Waals surface area contributed by atoms with Gasteiger partial charge in [0.2, 0.25) is 0 Å². The first-order chi connectivity index (χ1) is 11.8. The molecule has 0 aliphatic carbocycles. The lowest BCUT2D eigenvalue weighted by Gasteiger charge is -2.15. The molecule has 134 valence electrons. The topological polar surface area (TPSA) is 77.9 Å². The number of halogens is 2. The van der Waals surface area contributed by atoms with Crippen molar-refractivity contribution >= 4 is 17.6 Å². The Bertz CT molecular complexity index is 723. The second-order valence-corrected chi connectivity index (χ2v) is 5.69. The summed E-state index contributed by atoms with van der Waals surface area (Å²) in [4.78, 5) is 15.4. The molecule has 0 saturated carbocycles. The molecule has 0 spiro atoms. The van der Waals surface area contributed by atoms with Gasteiger partial charge in [-0.2, -0.15) is 0 Å². The number of aliphatic hydroxyl groups is 1. The highest BCUT2D eigenvalue weighted by molar-refractivity contribution is 6.30. The number of hydrogen-bond acceptors (Lipinski definition) is 6. The first kappa shape index (κ1) is 19.0. The fraction of sp³-hybridized carbons (Fsp3) is 0.294. The van der Waals surface area contributed by atoms with E-state index < -0.39 is 24.0 Å². The number of pyridine rings is 1. The monoisotopic (exact) mass is 369 g/mol. The van der Waals surface area contributed by atoms with E-state index in [1.807, 2.05) is 0 Å². The van der Waals surface area contributed by atoms with Crippen LogP contribution in [0.25, 0.3) is 0 Å². The third kappa shape index (κ3) is 5.88. The maximum Gasteiger partial charge on any atom is 0.347 e. The van der Waals surface area contributed by atoms with Crippen molar-refractivity contribution in [2.45, 2.75) is 26.1 Å². The van der Waals surface area contributed by atoms with Gasteiger partial charge in [0.15, 0.2) is 11.9 Å². The summed E-state index contributed by atoms with van der Waals surface area (Å²) in [6, 6.07) is 7.29. The Labute approximate surface area is 149 Å². The van der Waals surface area contributed by atoms with Gasteiger partial charge in [-0.3, -0.25) is 0 Å². The van der Waals surface area contributed by atoms with Gasteiger partial charge >= 0.3 is 5.97 Å². The van der Waals surface area contributed by atoms with E-state index in [1.54, 1.807) is 24.3 Å². The number of aliphatic hydroxyl groups excluding tert-OH is 1. The van der Waals surface area contributed by atoms with Crippen molar-refractivity contribution in [3.8, 4) is 17.4 Å². The smallest absolute Gasteiger partial charge is 0.347 e. The molecule has 1 unspecified atom stereocenters. The Kier molecular flexibility index (Phi) is 6.55. The van der Waals surface area contributed by atoms with E-state index in [0.29, 0.717) is 11.5 Å². The fourth-order valence-corrected chi connectivity index (χ4v) is 1.89. The quantitative estimate of drug-likeness (QED) is 0.754. The summed E-state index contributed by atoms with van der Waals surface area (Å²) in [6.07, 6.45) is -0.312. The van der Waals surface area contributed by atoms with Crippen molar-refractivity contribution in [1.29, 1.82) is 0 Å². The average molecular weight is 370 g/mol. The van der Waals surface area contributed by atoms with E-state index >= 15 is 0 Å². The number of carbonyl (C=O) groups excluding carboxylic acids is 1. The van der Waals surface area contributed by atoms with Crippen molar-refractivity contribution in [1.82, 2.24) is 4.98 Å². The molecule has 8 heteroatoms. The lowest BCUT2D eigenvalue weighted by molar-refractivity contribution is -0.153. The van der Waals surface area contributed by atoms with Crippen LogP contribution in [-0.2, 0) is 9.53 Å². The Morgan fingerprint density at radius 3 is 2.52 bits per heavy atom. The van der Waals surface area contributed by atoms with Crippen molar-refractivity contribution in [3.05, 3.63) is 47.4 Å². The molecule has 1 aromatic carbocycles. The fourth-order valence-electron chi connectivity index (χ4n) is 1.75. The Hall–Kier alpha value is -2.38. The molecule has 0 amide bonds. The Balaban J connectivity index is 1.94. The molecule has 2 aromatic rings. The maximum atomic E-state index is 13.6. The zero-order valence-corrected chi connectivity index (χ0v) is 14.4. The maximum absolute atomic E-state index is 13.6. The minimum Gasteiger partial charge on any atom is -0.479 e. The van der Waals surface area contributed by atoms with Crippen LogP contribution in [0, 0.1) is 5.82 Å². The predicted molar refractivity (Wildman–Crippen MR) is 88.5 cm³/mol. The highest BCUT2D eigenvalue weighted by Crippen LogP contribution is 2.26. The molecule has 0 bridgehead atoms. The van der Waals surface area contributed by atoms with E-state index in [1.165, 1.54) is 20.0 Å². The molecule has 0 aliphatic rings. The zero-order chi connectivity index (χ0) is 18.4. The molecule has 2 atom stereocenters. The van der Waals surface area contributed by atoms with Gasteiger partial charge in [0.25, 0.3) is 5.88 Å². The van der Waals surface area contributed by atoms with E-state index in [0.717, 1.165) is 6.07 Å². The van der Waals surface area contributed by atoms with E-state index in [9.17, 15) is 9.18 Å². The van der Waals surface area contributed by atoms with Crippen molar-refractivity contribution in [3.63, 3.8) is 0 Å². The first-order valence-corrected chi connectivity index (χ1v) is 7.83. The largest absolute Gasteiger partial charge is 0.479 e. The SMILES string of the molecule is CC(O)COC(=O)[C@@H](C)Oc1ccc(Oc2ncc(Cl)cc2F)cc1. The van der Waals surface area contributed by atoms with Crippen LogP contribution < -0.4 is 9.47 Å². The molecule has 1 aromatic heterocycles. The lowest BCUT2D eigenvalue weighted by atomic mass is 10.3. The second kappa shape index (κ2) is 8.64. The second-order valence-electron chi connectivity index (χ2n) is 5.25. The van der Waals surface area contributed by atoms with E-state index in [4.69, 9.17) is 30.9 Å². The number of benzene rings is 1. The third-order valence-corrected chi connectivity index (χ3v) is 3.13. The molecule has 0 radical (unpaired) electrons. The summed E-state index contributed by atoms with van der Waals surface area (Å²) >= 11 is 5.63.